The summed E-state index contributed by atoms with van der Waals surface area (Å²) in [5, 5.41) is 11.3. The standard InChI is InChI=1S/C14H16N2O3/c1-10(8-13(17)19-2)16-14(18)12-5-3-4-11(9-12)6-7-15/h3-5,9-10H,6,8H2,1-2H3,(H,16,18). The number of nitrogens with zero attached hydrogens (tertiary/aromatic N) is 1. The van der Waals surface area contributed by atoms with Crippen molar-refractivity contribution < 1.29 is 14.3 Å². The largest absolute Gasteiger partial charge is 0.469 e. The topological polar surface area (TPSA) is 79.2 Å². The maximum Gasteiger partial charge on any atom is 0.307 e. The predicted octanol–water partition coefficient (Wildman–Crippen LogP) is 1.43. The normalized spacial score (nSPS) is 11.2. The van der Waals surface area contributed by atoms with Crippen LogP contribution in [0.5, 0.6) is 0 Å². The van der Waals surface area contributed by atoms with Crippen LogP contribution in [0.25, 0.3) is 0 Å². The van der Waals surface area contributed by atoms with E-state index in [-0.39, 0.29) is 30.8 Å². The number of esters is 1. The lowest BCUT2D eigenvalue weighted by molar-refractivity contribution is -0.141. The van der Waals surface area contributed by atoms with Crippen molar-refractivity contribution >= 4 is 11.9 Å². The summed E-state index contributed by atoms with van der Waals surface area (Å²) in [6.45, 7) is 1.73. The highest BCUT2D eigenvalue weighted by molar-refractivity contribution is 5.94. The average Bonchev–Trinajstić information content (AvgIpc) is 2.39. The zero-order valence-electron chi connectivity index (χ0n) is 11.0. The number of hydrogen-bond donors (Lipinski definition) is 1. The van der Waals surface area contributed by atoms with Gasteiger partial charge in [-0.2, -0.15) is 5.26 Å². The van der Waals surface area contributed by atoms with E-state index in [1.165, 1.54) is 7.11 Å². The molecule has 5 heteroatoms. The van der Waals surface area contributed by atoms with E-state index < -0.39 is 0 Å². The van der Waals surface area contributed by atoms with Crippen molar-refractivity contribution in [2.24, 2.45) is 0 Å². The Morgan fingerprint density at radius 3 is 2.84 bits per heavy atom. The van der Waals surface area contributed by atoms with Crippen molar-refractivity contribution in [1.82, 2.24) is 5.32 Å². The first-order chi connectivity index (χ1) is 9.06. The molecule has 1 aromatic rings. The molecule has 1 rings (SSSR count). The van der Waals surface area contributed by atoms with Gasteiger partial charge < -0.3 is 10.1 Å². The van der Waals surface area contributed by atoms with Crippen LogP contribution in [0.15, 0.2) is 24.3 Å². The number of ether oxygens (including phenoxy) is 1. The highest BCUT2D eigenvalue weighted by Crippen LogP contribution is 2.06. The van der Waals surface area contributed by atoms with Crippen molar-refractivity contribution in [2.75, 3.05) is 7.11 Å². The molecule has 100 valence electrons. The first-order valence-corrected chi connectivity index (χ1v) is 5.90. The number of nitrogens with one attached hydrogen (secondary N) is 1. The van der Waals surface area contributed by atoms with Crippen molar-refractivity contribution in [3.8, 4) is 6.07 Å². The first-order valence-electron chi connectivity index (χ1n) is 5.90. The van der Waals surface area contributed by atoms with Gasteiger partial charge >= 0.3 is 5.97 Å². The molecule has 19 heavy (non-hydrogen) atoms. The van der Waals surface area contributed by atoms with Crippen LogP contribution in [0, 0.1) is 11.3 Å². The quantitative estimate of drug-likeness (QED) is 0.812. The van der Waals surface area contributed by atoms with E-state index in [1.807, 2.05) is 6.07 Å². The van der Waals surface area contributed by atoms with E-state index in [0.29, 0.717) is 5.56 Å². The lowest BCUT2D eigenvalue weighted by atomic mass is 10.1. The average molecular weight is 260 g/mol. The van der Waals surface area contributed by atoms with Crippen LogP contribution in [-0.4, -0.2) is 25.0 Å². The van der Waals surface area contributed by atoms with E-state index in [9.17, 15) is 9.59 Å². The molecule has 1 unspecified atom stereocenters. The monoisotopic (exact) mass is 260 g/mol. The minimum Gasteiger partial charge on any atom is -0.469 e. The fourth-order valence-corrected chi connectivity index (χ4v) is 1.61. The number of methoxy groups -OCH3 is 1. The number of carbonyl (C=O) groups excluding carboxylic acids is 2. The van der Waals surface area contributed by atoms with Gasteiger partial charge in [0.15, 0.2) is 0 Å². The molecule has 0 aliphatic rings. The molecule has 0 heterocycles. The highest BCUT2D eigenvalue weighted by Gasteiger charge is 2.13. The van der Waals surface area contributed by atoms with Gasteiger partial charge in [-0.3, -0.25) is 9.59 Å². The van der Waals surface area contributed by atoms with Crippen LogP contribution in [0.4, 0.5) is 0 Å². The van der Waals surface area contributed by atoms with Crippen LogP contribution in [0.3, 0.4) is 0 Å². The van der Waals surface area contributed by atoms with Crippen molar-refractivity contribution in [2.45, 2.75) is 25.8 Å². The maximum absolute atomic E-state index is 11.9. The molecule has 1 atom stereocenters. The fraction of sp³-hybridized carbons (Fsp3) is 0.357. The molecule has 0 bridgehead atoms. The van der Waals surface area contributed by atoms with Gasteiger partial charge in [-0.25, -0.2) is 0 Å². The van der Waals surface area contributed by atoms with E-state index in [4.69, 9.17) is 5.26 Å². The Bertz CT molecular complexity index is 506. The SMILES string of the molecule is COC(=O)CC(C)NC(=O)c1cccc(CC#N)c1. The molecule has 0 fully saturated rings. The van der Waals surface area contributed by atoms with Gasteiger partial charge in [-0.1, -0.05) is 12.1 Å². The second-order valence-electron chi connectivity index (χ2n) is 4.19. The Morgan fingerprint density at radius 2 is 2.21 bits per heavy atom. The molecule has 0 spiro atoms. The van der Waals surface area contributed by atoms with Gasteiger partial charge in [0.2, 0.25) is 0 Å². The second-order valence-corrected chi connectivity index (χ2v) is 4.19. The molecule has 0 saturated heterocycles. The van der Waals surface area contributed by atoms with Gasteiger partial charge in [-0.05, 0) is 24.6 Å². The number of carbonyl (C=O) groups is 2. The molecule has 1 amide bonds. The second kappa shape index (κ2) is 7.17. The Morgan fingerprint density at radius 1 is 1.47 bits per heavy atom. The lowest BCUT2D eigenvalue weighted by Gasteiger charge is -2.12. The minimum atomic E-state index is -0.369. The molecule has 0 saturated carbocycles. The van der Waals surface area contributed by atoms with Crippen LogP contribution in [-0.2, 0) is 16.0 Å². The van der Waals surface area contributed by atoms with Crippen LogP contribution >= 0.6 is 0 Å². The summed E-state index contributed by atoms with van der Waals surface area (Å²) in [6.07, 6.45) is 0.388. The van der Waals surface area contributed by atoms with Crippen LogP contribution in [0.2, 0.25) is 0 Å². The Labute approximate surface area is 112 Å². The smallest absolute Gasteiger partial charge is 0.307 e. The van der Waals surface area contributed by atoms with Gasteiger partial charge in [0.05, 0.1) is 26.0 Å². The summed E-state index contributed by atoms with van der Waals surface area (Å²) in [7, 11) is 1.31. The molecule has 0 aromatic heterocycles. The third-order valence-electron chi connectivity index (χ3n) is 2.55. The van der Waals surface area contributed by atoms with Gasteiger partial charge in [-0.15, -0.1) is 0 Å². The summed E-state index contributed by atoms with van der Waals surface area (Å²) in [6, 6.07) is 8.58. The number of rotatable bonds is 5. The molecule has 5 nitrogen and oxygen atoms in total. The molecule has 1 aromatic carbocycles. The predicted molar refractivity (Wildman–Crippen MR) is 69.3 cm³/mol. The number of amides is 1. The first kappa shape index (κ1) is 14.7. The zero-order valence-corrected chi connectivity index (χ0v) is 11.0. The Hall–Kier alpha value is -2.35. The van der Waals surface area contributed by atoms with E-state index in [0.717, 1.165) is 5.56 Å². The summed E-state index contributed by atoms with van der Waals surface area (Å²) >= 11 is 0. The van der Waals surface area contributed by atoms with E-state index in [1.54, 1.807) is 31.2 Å². The number of nitriles is 1. The summed E-state index contributed by atoms with van der Waals surface area (Å²) < 4.78 is 4.53. The number of hydrogen-bond acceptors (Lipinski definition) is 4. The van der Waals surface area contributed by atoms with Gasteiger partial charge in [0.1, 0.15) is 0 Å². The third kappa shape index (κ3) is 4.80. The third-order valence-corrected chi connectivity index (χ3v) is 2.55. The van der Waals surface area contributed by atoms with Gasteiger partial charge in [0, 0.05) is 11.6 Å². The van der Waals surface area contributed by atoms with E-state index >= 15 is 0 Å². The number of benzene rings is 1. The molecule has 1 N–H and O–H groups in total. The summed E-state index contributed by atoms with van der Waals surface area (Å²) in [5.74, 6) is -0.637. The molecular formula is C14H16N2O3. The van der Waals surface area contributed by atoms with Crippen LogP contribution in [0.1, 0.15) is 29.3 Å². The van der Waals surface area contributed by atoms with Crippen molar-refractivity contribution in [3.05, 3.63) is 35.4 Å². The van der Waals surface area contributed by atoms with Crippen molar-refractivity contribution in [1.29, 1.82) is 5.26 Å². The fourth-order valence-electron chi connectivity index (χ4n) is 1.61. The Kier molecular flexibility index (Phi) is 5.55. The summed E-state index contributed by atoms with van der Waals surface area (Å²) in [5.41, 5.74) is 1.26. The molecule has 0 radical (unpaired) electrons. The zero-order chi connectivity index (χ0) is 14.3. The Balaban J connectivity index is 2.65. The van der Waals surface area contributed by atoms with Gasteiger partial charge in [0.25, 0.3) is 5.91 Å². The minimum absolute atomic E-state index is 0.125. The highest BCUT2D eigenvalue weighted by atomic mass is 16.5. The molecule has 0 aliphatic carbocycles. The van der Waals surface area contributed by atoms with Crippen molar-refractivity contribution in [3.63, 3.8) is 0 Å². The lowest BCUT2D eigenvalue weighted by Crippen LogP contribution is -2.34. The molecule has 0 aliphatic heterocycles. The summed E-state index contributed by atoms with van der Waals surface area (Å²) in [4.78, 5) is 23.0. The van der Waals surface area contributed by atoms with E-state index in [2.05, 4.69) is 10.1 Å². The molecular weight excluding hydrogens is 244 g/mol. The van der Waals surface area contributed by atoms with Crippen LogP contribution < -0.4 is 5.32 Å². The maximum atomic E-state index is 11.9.